The maximum Gasteiger partial charge on any atom is 0.221 e. The first-order valence-corrected chi connectivity index (χ1v) is 9.27. The minimum atomic E-state index is -0.618. The van der Waals surface area contributed by atoms with Crippen LogP contribution in [0.5, 0.6) is 5.88 Å². The van der Waals surface area contributed by atoms with Gasteiger partial charge < -0.3 is 15.2 Å². The number of carbonyl (C=O) groups is 1. The van der Waals surface area contributed by atoms with Crippen molar-refractivity contribution in [3.05, 3.63) is 76.7 Å². The summed E-state index contributed by atoms with van der Waals surface area (Å²) in [5.41, 5.74) is 7.33. The molecule has 0 radical (unpaired) electrons. The van der Waals surface area contributed by atoms with Gasteiger partial charge in [-0.2, -0.15) is 5.10 Å². The van der Waals surface area contributed by atoms with Gasteiger partial charge in [0.25, 0.3) is 0 Å². The first-order valence-electron chi connectivity index (χ1n) is 9.27. The van der Waals surface area contributed by atoms with Gasteiger partial charge in [0.05, 0.1) is 43.7 Å². The molecule has 3 aromatic rings. The van der Waals surface area contributed by atoms with Gasteiger partial charge in [-0.15, -0.1) is 0 Å². The molecule has 1 amide bonds. The molecule has 0 aliphatic rings. The van der Waals surface area contributed by atoms with Crippen LogP contribution in [0, 0.1) is 11.6 Å². The van der Waals surface area contributed by atoms with Crippen LogP contribution in [-0.4, -0.2) is 33.7 Å². The number of aromatic nitrogens is 3. The summed E-state index contributed by atoms with van der Waals surface area (Å²) in [5, 5.41) is 4.22. The van der Waals surface area contributed by atoms with Gasteiger partial charge in [0.15, 0.2) is 0 Å². The Labute approximate surface area is 177 Å². The number of pyridine rings is 1. The van der Waals surface area contributed by atoms with Crippen molar-refractivity contribution in [1.29, 1.82) is 0 Å². The summed E-state index contributed by atoms with van der Waals surface area (Å²) >= 11 is 0. The third kappa shape index (κ3) is 5.62. The van der Waals surface area contributed by atoms with E-state index < -0.39 is 17.5 Å². The van der Waals surface area contributed by atoms with E-state index in [2.05, 4.69) is 15.1 Å². The number of hydrogen-bond acceptors (Lipinski definition) is 6. The molecule has 0 aliphatic heterocycles. The number of aliphatic imine (C=N–C) groups is 1. The average Bonchev–Trinajstić information content (AvgIpc) is 3.10. The third-order valence-corrected chi connectivity index (χ3v) is 4.42. The number of carbonyl (C=O) groups excluding carboxylic acids is 1. The summed E-state index contributed by atoms with van der Waals surface area (Å²) in [4.78, 5) is 19.4. The molecule has 31 heavy (non-hydrogen) atoms. The van der Waals surface area contributed by atoms with Crippen LogP contribution in [-0.2, 0) is 36.2 Å². The topological polar surface area (TPSA) is 105 Å². The van der Waals surface area contributed by atoms with Gasteiger partial charge in [-0.25, -0.2) is 18.8 Å². The smallest absolute Gasteiger partial charge is 0.221 e. The number of ether oxygens (including phenoxy) is 2. The summed E-state index contributed by atoms with van der Waals surface area (Å²) in [7, 11) is 3.21. The van der Waals surface area contributed by atoms with Crippen molar-refractivity contribution < 1.29 is 23.0 Å². The molecule has 0 saturated carbocycles. The van der Waals surface area contributed by atoms with E-state index in [0.29, 0.717) is 22.7 Å². The molecular weight excluding hydrogens is 408 g/mol. The Kier molecular flexibility index (Phi) is 6.91. The molecule has 2 aromatic heterocycles. The zero-order chi connectivity index (χ0) is 22.4. The second-order valence-electron chi connectivity index (χ2n) is 6.63. The normalized spacial score (nSPS) is 11.4. The lowest BCUT2D eigenvalue weighted by atomic mass is 10.1. The van der Waals surface area contributed by atoms with Crippen LogP contribution in [0.15, 0.2) is 47.7 Å². The second kappa shape index (κ2) is 9.79. The minimum Gasteiger partial charge on any atom is -0.481 e. The lowest BCUT2D eigenvalue weighted by molar-refractivity contribution is -0.117. The Bertz CT molecular complexity index is 1100. The largest absolute Gasteiger partial charge is 0.481 e. The first kappa shape index (κ1) is 21.9. The highest BCUT2D eigenvalue weighted by Gasteiger charge is 2.16. The monoisotopic (exact) mass is 429 g/mol. The van der Waals surface area contributed by atoms with Crippen molar-refractivity contribution in [1.82, 2.24) is 14.8 Å². The molecular formula is C21H21F2N5O3. The molecule has 162 valence electrons. The SMILES string of the molecule is COC(=NCc1ccc(F)c(CC(N)=O)c1)c1cnn(C)c1COc1ccc(F)cn1. The zero-order valence-electron chi connectivity index (χ0n) is 17.0. The van der Waals surface area contributed by atoms with Gasteiger partial charge in [-0.3, -0.25) is 9.48 Å². The van der Waals surface area contributed by atoms with Crippen LogP contribution >= 0.6 is 0 Å². The van der Waals surface area contributed by atoms with E-state index in [1.165, 1.54) is 25.3 Å². The number of amides is 1. The number of hydrogen-bond donors (Lipinski definition) is 1. The molecule has 0 saturated heterocycles. The van der Waals surface area contributed by atoms with Gasteiger partial charge in [-0.1, -0.05) is 12.1 Å². The minimum absolute atomic E-state index is 0.103. The molecule has 2 N–H and O–H groups in total. The highest BCUT2D eigenvalue weighted by molar-refractivity contribution is 5.95. The Morgan fingerprint density at radius 3 is 2.71 bits per heavy atom. The summed E-state index contributed by atoms with van der Waals surface area (Å²) in [6, 6.07) is 7.07. The van der Waals surface area contributed by atoms with Gasteiger partial charge in [0, 0.05) is 13.1 Å². The number of rotatable bonds is 8. The molecule has 0 fully saturated rings. The molecule has 8 nitrogen and oxygen atoms in total. The van der Waals surface area contributed by atoms with Crippen molar-refractivity contribution in [2.45, 2.75) is 19.6 Å². The predicted molar refractivity (Wildman–Crippen MR) is 108 cm³/mol. The highest BCUT2D eigenvalue weighted by Crippen LogP contribution is 2.16. The molecule has 0 bridgehead atoms. The average molecular weight is 429 g/mol. The van der Waals surface area contributed by atoms with E-state index in [4.69, 9.17) is 15.2 Å². The molecule has 2 heterocycles. The van der Waals surface area contributed by atoms with Crippen molar-refractivity contribution >= 4 is 11.8 Å². The van der Waals surface area contributed by atoms with Crippen molar-refractivity contribution in [3.63, 3.8) is 0 Å². The molecule has 0 atom stereocenters. The highest BCUT2D eigenvalue weighted by atomic mass is 19.1. The van der Waals surface area contributed by atoms with Crippen LogP contribution in [0.2, 0.25) is 0 Å². The van der Waals surface area contributed by atoms with E-state index in [0.717, 1.165) is 6.20 Å². The number of nitrogens with zero attached hydrogens (tertiary/aromatic N) is 4. The van der Waals surface area contributed by atoms with E-state index in [1.807, 2.05) is 0 Å². The molecule has 1 aromatic carbocycles. The maximum atomic E-state index is 13.8. The standard InChI is InChI=1S/C21H21F2N5O3/c1-28-18(12-31-20-6-4-15(22)10-25-20)16(11-27-28)21(30-2)26-9-13-3-5-17(23)14(7-13)8-19(24)29/h3-7,10-11H,8-9,12H2,1-2H3,(H2,24,29). The quantitative estimate of drug-likeness (QED) is 0.437. The van der Waals surface area contributed by atoms with Crippen LogP contribution < -0.4 is 10.5 Å². The first-order chi connectivity index (χ1) is 14.9. The van der Waals surface area contributed by atoms with Crippen LogP contribution in [0.3, 0.4) is 0 Å². The Morgan fingerprint density at radius 1 is 1.23 bits per heavy atom. The number of nitrogens with two attached hydrogens (primary N) is 1. The van der Waals surface area contributed by atoms with Crippen molar-refractivity contribution in [3.8, 4) is 5.88 Å². The summed E-state index contributed by atoms with van der Waals surface area (Å²) < 4.78 is 39.5. The maximum absolute atomic E-state index is 13.8. The third-order valence-electron chi connectivity index (χ3n) is 4.42. The van der Waals surface area contributed by atoms with Crippen LogP contribution in [0.1, 0.15) is 22.4 Å². The summed E-state index contributed by atoms with van der Waals surface area (Å²) in [5.74, 6) is -1.01. The van der Waals surface area contributed by atoms with E-state index in [1.54, 1.807) is 30.1 Å². The molecule has 3 rings (SSSR count). The van der Waals surface area contributed by atoms with E-state index in [-0.39, 0.29) is 31.0 Å². The van der Waals surface area contributed by atoms with Gasteiger partial charge in [0.2, 0.25) is 17.7 Å². The van der Waals surface area contributed by atoms with Crippen molar-refractivity contribution in [2.24, 2.45) is 17.8 Å². The van der Waals surface area contributed by atoms with E-state index >= 15 is 0 Å². The fraction of sp³-hybridized carbons (Fsp3) is 0.238. The van der Waals surface area contributed by atoms with Gasteiger partial charge >= 0.3 is 0 Å². The van der Waals surface area contributed by atoms with Gasteiger partial charge in [-0.05, 0) is 23.3 Å². The Balaban J connectivity index is 1.78. The van der Waals surface area contributed by atoms with Crippen molar-refractivity contribution in [2.75, 3.05) is 7.11 Å². The molecule has 0 unspecified atom stereocenters. The lowest BCUT2D eigenvalue weighted by Gasteiger charge is -2.10. The van der Waals surface area contributed by atoms with Crippen LogP contribution in [0.25, 0.3) is 0 Å². The number of benzene rings is 1. The molecule has 0 aliphatic carbocycles. The summed E-state index contributed by atoms with van der Waals surface area (Å²) in [6.07, 6.45) is 2.46. The summed E-state index contributed by atoms with van der Waals surface area (Å²) in [6.45, 7) is 0.288. The van der Waals surface area contributed by atoms with E-state index in [9.17, 15) is 13.6 Å². The predicted octanol–water partition coefficient (Wildman–Crippen LogP) is 2.29. The fourth-order valence-corrected chi connectivity index (χ4v) is 2.87. The Morgan fingerprint density at radius 2 is 2.03 bits per heavy atom. The zero-order valence-corrected chi connectivity index (χ0v) is 17.0. The fourth-order valence-electron chi connectivity index (χ4n) is 2.87. The van der Waals surface area contributed by atoms with Gasteiger partial charge in [0.1, 0.15) is 18.2 Å². The number of halogens is 2. The second-order valence-corrected chi connectivity index (χ2v) is 6.63. The lowest BCUT2D eigenvalue weighted by Crippen LogP contribution is -2.15. The molecule has 0 spiro atoms. The molecule has 10 heteroatoms. The number of aryl methyl sites for hydroxylation is 1. The van der Waals surface area contributed by atoms with Crippen LogP contribution in [0.4, 0.5) is 8.78 Å². The number of methoxy groups -OCH3 is 1. The number of primary amides is 1. The Hall–Kier alpha value is -3.82.